The number of fused-ring (bicyclic) bond motifs is 2. The summed E-state index contributed by atoms with van der Waals surface area (Å²) in [7, 11) is 0. The third-order valence-corrected chi connectivity index (χ3v) is 4.58. The van der Waals surface area contributed by atoms with E-state index in [1.807, 2.05) is 0 Å². The first kappa shape index (κ1) is 8.98. The molecule has 2 aliphatic carbocycles. The Labute approximate surface area is 80.2 Å². The highest BCUT2D eigenvalue weighted by Crippen LogP contribution is 2.64. The van der Waals surface area contributed by atoms with Crippen LogP contribution in [0.3, 0.4) is 0 Å². The Morgan fingerprint density at radius 1 is 1.38 bits per heavy atom. The fourth-order valence-electron chi connectivity index (χ4n) is 3.10. The predicted octanol–water partition coefficient (Wildman–Crippen LogP) is 2.81. The van der Waals surface area contributed by atoms with Crippen LogP contribution < -0.4 is 0 Å². The van der Waals surface area contributed by atoms with Gasteiger partial charge in [-0.3, -0.25) is 4.79 Å². The quantitative estimate of drug-likeness (QED) is 0.564. The highest BCUT2D eigenvalue weighted by Gasteiger charge is 2.58. The Hall–Kier alpha value is -0.590. The first-order valence-corrected chi connectivity index (χ1v) is 5.08. The lowest BCUT2D eigenvalue weighted by molar-refractivity contribution is -0.121. The molecule has 1 nitrogen and oxygen atoms in total. The molecule has 2 aliphatic rings. The van der Waals surface area contributed by atoms with E-state index in [-0.39, 0.29) is 16.7 Å². The van der Waals surface area contributed by atoms with Crippen molar-refractivity contribution in [2.75, 3.05) is 0 Å². The monoisotopic (exact) mass is 178 g/mol. The van der Waals surface area contributed by atoms with Crippen molar-refractivity contribution in [3.63, 3.8) is 0 Å². The Morgan fingerprint density at radius 3 is 2.23 bits per heavy atom. The molecule has 0 saturated heterocycles. The first-order valence-electron chi connectivity index (χ1n) is 5.08. The van der Waals surface area contributed by atoms with Crippen molar-refractivity contribution >= 4 is 5.78 Å². The molecule has 0 aliphatic heterocycles. The maximum Gasteiger partial charge on any atom is 0.133 e. The van der Waals surface area contributed by atoms with Gasteiger partial charge in [0.05, 0.1) is 0 Å². The SMILES string of the molecule is CC(=O)C1CC2(C)C=CC1C2(C)C. The highest BCUT2D eigenvalue weighted by atomic mass is 16.1. The molecule has 2 rings (SSSR count). The van der Waals surface area contributed by atoms with E-state index in [0.717, 1.165) is 6.42 Å². The summed E-state index contributed by atoms with van der Waals surface area (Å²) in [6, 6.07) is 0. The van der Waals surface area contributed by atoms with Gasteiger partial charge < -0.3 is 0 Å². The molecule has 72 valence electrons. The molecule has 0 amide bonds. The lowest BCUT2D eigenvalue weighted by atomic mass is 9.70. The van der Waals surface area contributed by atoms with Gasteiger partial charge in [0.2, 0.25) is 0 Å². The summed E-state index contributed by atoms with van der Waals surface area (Å²) in [5, 5.41) is 0. The van der Waals surface area contributed by atoms with E-state index in [0.29, 0.717) is 11.7 Å². The van der Waals surface area contributed by atoms with Gasteiger partial charge in [-0.05, 0) is 30.1 Å². The van der Waals surface area contributed by atoms with Crippen LogP contribution in [-0.4, -0.2) is 5.78 Å². The molecular weight excluding hydrogens is 160 g/mol. The lowest BCUT2D eigenvalue weighted by Crippen LogP contribution is -2.27. The number of allylic oxidation sites excluding steroid dienone is 2. The zero-order valence-corrected chi connectivity index (χ0v) is 8.92. The van der Waals surface area contributed by atoms with Gasteiger partial charge in [0.15, 0.2) is 0 Å². The molecule has 0 N–H and O–H groups in total. The maximum atomic E-state index is 11.4. The minimum absolute atomic E-state index is 0.258. The minimum atomic E-state index is 0.258. The summed E-state index contributed by atoms with van der Waals surface area (Å²) in [6.45, 7) is 8.60. The summed E-state index contributed by atoms with van der Waals surface area (Å²) >= 11 is 0. The summed E-state index contributed by atoms with van der Waals surface area (Å²) in [4.78, 5) is 11.4. The average molecular weight is 178 g/mol. The molecular formula is C12H18O. The zero-order valence-electron chi connectivity index (χ0n) is 8.92. The summed E-state index contributed by atoms with van der Waals surface area (Å²) < 4.78 is 0. The Morgan fingerprint density at radius 2 is 2.00 bits per heavy atom. The van der Waals surface area contributed by atoms with Gasteiger partial charge in [-0.2, -0.15) is 0 Å². The van der Waals surface area contributed by atoms with Crippen LogP contribution in [0.4, 0.5) is 0 Å². The van der Waals surface area contributed by atoms with Crippen LogP contribution in [0.1, 0.15) is 34.1 Å². The molecule has 0 aromatic heterocycles. The molecule has 0 aromatic carbocycles. The summed E-state index contributed by atoms with van der Waals surface area (Å²) in [6.07, 6.45) is 5.63. The fourth-order valence-corrected chi connectivity index (χ4v) is 3.10. The molecule has 1 fully saturated rings. The number of hydrogen-bond acceptors (Lipinski definition) is 1. The second kappa shape index (κ2) is 2.26. The Balaban J connectivity index is 2.40. The van der Waals surface area contributed by atoms with Gasteiger partial charge in [-0.1, -0.05) is 32.9 Å². The normalized spacial score (nSPS) is 45.5. The number of Topliss-reactive ketones (excluding diaryl/α,β-unsaturated/α-hetero) is 1. The lowest BCUT2D eigenvalue weighted by Gasteiger charge is -2.33. The predicted molar refractivity (Wildman–Crippen MR) is 53.3 cm³/mol. The second-order valence-corrected chi connectivity index (χ2v) is 5.45. The molecule has 1 saturated carbocycles. The number of rotatable bonds is 1. The molecule has 1 heteroatoms. The van der Waals surface area contributed by atoms with Crippen molar-refractivity contribution in [1.82, 2.24) is 0 Å². The van der Waals surface area contributed by atoms with E-state index in [2.05, 4.69) is 32.9 Å². The first-order chi connectivity index (χ1) is 5.88. The van der Waals surface area contributed by atoms with E-state index in [1.165, 1.54) is 0 Å². The van der Waals surface area contributed by atoms with Crippen LogP contribution in [0.5, 0.6) is 0 Å². The number of hydrogen-bond donors (Lipinski definition) is 0. The van der Waals surface area contributed by atoms with E-state index in [1.54, 1.807) is 6.92 Å². The van der Waals surface area contributed by atoms with Crippen LogP contribution in [0, 0.1) is 22.7 Å². The van der Waals surface area contributed by atoms with Gasteiger partial charge in [-0.25, -0.2) is 0 Å². The third-order valence-electron chi connectivity index (χ3n) is 4.58. The number of carbonyl (C=O) groups is 1. The van der Waals surface area contributed by atoms with Crippen LogP contribution in [0.15, 0.2) is 12.2 Å². The zero-order chi connectivity index (χ0) is 9.85. The van der Waals surface area contributed by atoms with E-state index < -0.39 is 0 Å². The molecule has 0 radical (unpaired) electrons. The van der Waals surface area contributed by atoms with Crippen LogP contribution in [0.25, 0.3) is 0 Å². The summed E-state index contributed by atoms with van der Waals surface area (Å²) in [5.41, 5.74) is 0.539. The Bertz CT molecular complexity index is 287. The molecule has 0 spiro atoms. The topological polar surface area (TPSA) is 17.1 Å². The molecule has 13 heavy (non-hydrogen) atoms. The summed E-state index contributed by atoms with van der Waals surface area (Å²) in [5.74, 6) is 1.13. The van der Waals surface area contributed by atoms with E-state index in [9.17, 15) is 4.79 Å². The van der Waals surface area contributed by atoms with Gasteiger partial charge >= 0.3 is 0 Å². The van der Waals surface area contributed by atoms with E-state index in [4.69, 9.17) is 0 Å². The fraction of sp³-hybridized carbons (Fsp3) is 0.750. The van der Waals surface area contributed by atoms with Crippen molar-refractivity contribution in [1.29, 1.82) is 0 Å². The number of carbonyl (C=O) groups excluding carboxylic acids is 1. The highest BCUT2D eigenvalue weighted by molar-refractivity contribution is 5.80. The van der Waals surface area contributed by atoms with Crippen LogP contribution >= 0.6 is 0 Å². The van der Waals surface area contributed by atoms with Gasteiger partial charge in [0.25, 0.3) is 0 Å². The molecule has 3 unspecified atom stereocenters. The van der Waals surface area contributed by atoms with Gasteiger partial charge in [0.1, 0.15) is 5.78 Å². The molecule has 3 atom stereocenters. The standard InChI is InChI=1S/C12H18O/c1-8(13)9-7-12(4)6-5-10(9)11(12,2)3/h5-6,9-10H,7H2,1-4H3. The van der Waals surface area contributed by atoms with Crippen LogP contribution in [-0.2, 0) is 4.79 Å². The van der Waals surface area contributed by atoms with E-state index >= 15 is 0 Å². The third kappa shape index (κ3) is 0.905. The average Bonchev–Trinajstić information content (AvgIpc) is 2.34. The molecule has 0 aromatic rings. The molecule has 2 bridgehead atoms. The largest absolute Gasteiger partial charge is 0.300 e. The number of ketones is 1. The van der Waals surface area contributed by atoms with Crippen LogP contribution in [0.2, 0.25) is 0 Å². The molecule has 0 heterocycles. The smallest absolute Gasteiger partial charge is 0.133 e. The second-order valence-electron chi connectivity index (χ2n) is 5.45. The van der Waals surface area contributed by atoms with Crippen molar-refractivity contribution in [3.8, 4) is 0 Å². The van der Waals surface area contributed by atoms with Gasteiger partial charge in [0, 0.05) is 5.92 Å². The van der Waals surface area contributed by atoms with Crippen molar-refractivity contribution in [3.05, 3.63) is 12.2 Å². The maximum absolute atomic E-state index is 11.4. The van der Waals surface area contributed by atoms with Crippen molar-refractivity contribution in [2.24, 2.45) is 22.7 Å². The minimum Gasteiger partial charge on any atom is -0.300 e. The van der Waals surface area contributed by atoms with Crippen molar-refractivity contribution < 1.29 is 4.79 Å². The van der Waals surface area contributed by atoms with Crippen molar-refractivity contribution in [2.45, 2.75) is 34.1 Å². The van der Waals surface area contributed by atoms with Gasteiger partial charge in [-0.15, -0.1) is 0 Å². The Kier molecular flexibility index (Phi) is 1.56.